The van der Waals surface area contributed by atoms with Gasteiger partial charge in [-0.05, 0) is 23.8 Å². The number of pyridine rings is 1. The van der Waals surface area contributed by atoms with E-state index in [1.165, 1.54) is 19.5 Å². The van der Waals surface area contributed by atoms with Gasteiger partial charge in [-0.25, -0.2) is 14.8 Å². The zero-order chi connectivity index (χ0) is 19.1. The fraction of sp³-hybridized carbons (Fsp3) is 0.105. The molecule has 8 heteroatoms. The predicted molar refractivity (Wildman–Crippen MR) is 98.5 cm³/mol. The van der Waals surface area contributed by atoms with Crippen LogP contribution >= 0.6 is 0 Å². The fourth-order valence-corrected chi connectivity index (χ4v) is 2.30. The third kappa shape index (κ3) is 4.63. The highest BCUT2D eigenvalue weighted by Gasteiger charge is 2.12. The van der Waals surface area contributed by atoms with Gasteiger partial charge in [0.2, 0.25) is 0 Å². The molecule has 0 saturated heterocycles. The van der Waals surface area contributed by atoms with E-state index >= 15 is 0 Å². The molecule has 0 aliphatic carbocycles. The number of carbonyl (C=O) groups excluding carboxylic acids is 2. The molecule has 2 heterocycles. The van der Waals surface area contributed by atoms with Gasteiger partial charge in [0.1, 0.15) is 11.5 Å². The van der Waals surface area contributed by atoms with E-state index in [-0.39, 0.29) is 11.6 Å². The first-order chi connectivity index (χ1) is 13.2. The molecule has 8 nitrogen and oxygen atoms in total. The monoisotopic (exact) mass is 363 g/mol. The zero-order valence-electron chi connectivity index (χ0n) is 14.5. The Morgan fingerprint density at radius 3 is 2.59 bits per heavy atom. The molecule has 0 radical (unpaired) electrons. The Morgan fingerprint density at radius 2 is 1.89 bits per heavy atom. The summed E-state index contributed by atoms with van der Waals surface area (Å²) in [7, 11) is 1.32. The van der Waals surface area contributed by atoms with E-state index in [2.05, 4.69) is 25.6 Å². The van der Waals surface area contributed by atoms with Gasteiger partial charge in [0.25, 0.3) is 5.91 Å². The first-order valence-corrected chi connectivity index (χ1v) is 8.11. The summed E-state index contributed by atoms with van der Waals surface area (Å²) in [5.41, 5.74) is 1.98. The molecule has 2 aromatic heterocycles. The van der Waals surface area contributed by atoms with Crippen LogP contribution in [-0.2, 0) is 11.3 Å². The van der Waals surface area contributed by atoms with Crippen molar-refractivity contribution in [1.82, 2.24) is 20.3 Å². The molecule has 0 spiro atoms. The van der Waals surface area contributed by atoms with Crippen LogP contribution in [0.1, 0.15) is 26.4 Å². The van der Waals surface area contributed by atoms with Gasteiger partial charge in [-0.2, -0.15) is 0 Å². The maximum Gasteiger partial charge on any atom is 0.339 e. The van der Waals surface area contributed by atoms with E-state index in [0.29, 0.717) is 23.6 Å². The highest BCUT2D eigenvalue weighted by atomic mass is 16.5. The largest absolute Gasteiger partial charge is 0.465 e. The van der Waals surface area contributed by atoms with Crippen molar-refractivity contribution >= 4 is 23.4 Å². The number of benzene rings is 1. The summed E-state index contributed by atoms with van der Waals surface area (Å²) in [5.74, 6) is -0.402. The van der Waals surface area contributed by atoms with E-state index in [1.807, 2.05) is 6.07 Å². The number of aromatic nitrogens is 3. The van der Waals surface area contributed by atoms with Gasteiger partial charge < -0.3 is 15.4 Å². The molecule has 3 rings (SSSR count). The van der Waals surface area contributed by atoms with Crippen molar-refractivity contribution in [2.45, 2.75) is 6.54 Å². The Labute approximate surface area is 155 Å². The van der Waals surface area contributed by atoms with E-state index in [0.717, 1.165) is 5.56 Å². The minimum Gasteiger partial charge on any atom is -0.465 e. The van der Waals surface area contributed by atoms with Gasteiger partial charge in [0.15, 0.2) is 0 Å². The summed E-state index contributed by atoms with van der Waals surface area (Å²) >= 11 is 0. The number of anilines is 2. The van der Waals surface area contributed by atoms with Crippen molar-refractivity contribution in [1.29, 1.82) is 0 Å². The van der Waals surface area contributed by atoms with Crippen molar-refractivity contribution in [2.24, 2.45) is 0 Å². The molecule has 0 aliphatic heterocycles. The van der Waals surface area contributed by atoms with Crippen molar-refractivity contribution in [3.63, 3.8) is 0 Å². The van der Waals surface area contributed by atoms with E-state index in [9.17, 15) is 9.59 Å². The van der Waals surface area contributed by atoms with Crippen LogP contribution in [0.4, 0.5) is 11.5 Å². The van der Waals surface area contributed by atoms with E-state index in [1.54, 1.807) is 42.7 Å². The fourth-order valence-electron chi connectivity index (χ4n) is 2.30. The van der Waals surface area contributed by atoms with Gasteiger partial charge in [0.05, 0.1) is 30.8 Å². The number of methoxy groups -OCH3 is 1. The highest BCUT2D eigenvalue weighted by Crippen LogP contribution is 2.19. The predicted octanol–water partition coefficient (Wildman–Crippen LogP) is 2.33. The molecule has 0 atom stereocenters. The number of esters is 1. The van der Waals surface area contributed by atoms with Crippen LogP contribution in [0.15, 0.2) is 61.2 Å². The Bertz CT molecular complexity index is 930. The Morgan fingerprint density at radius 1 is 1.04 bits per heavy atom. The summed E-state index contributed by atoms with van der Waals surface area (Å²) in [6.07, 6.45) is 6.13. The maximum atomic E-state index is 12.2. The summed E-state index contributed by atoms with van der Waals surface area (Å²) in [6.45, 7) is 0.348. The smallest absolute Gasteiger partial charge is 0.339 e. The Balaban J connectivity index is 1.65. The molecule has 2 N–H and O–H groups in total. The summed E-state index contributed by atoms with van der Waals surface area (Å²) in [5, 5.41) is 5.75. The lowest BCUT2D eigenvalue weighted by Gasteiger charge is -2.10. The highest BCUT2D eigenvalue weighted by molar-refractivity contribution is 5.96. The number of nitrogens with zero attached hydrogens (tertiary/aromatic N) is 3. The lowest BCUT2D eigenvalue weighted by atomic mass is 10.2. The van der Waals surface area contributed by atoms with Gasteiger partial charge in [-0.1, -0.05) is 18.2 Å². The lowest BCUT2D eigenvalue weighted by molar-refractivity contribution is 0.0601. The number of para-hydroxylation sites is 1. The van der Waals surface area contributed by atoms with Gasteiger partial charge >= 0.3 is 5.97 Å². The molecule has 0 saturated carbocycles. The second-order valence-corrected chi connectivity index (χ2v) is 5.49. The van der Waals surface area contributed by atoms with Crippen LogP contribution in [0.25, 0.3) is 0 Å². The van der Waals surface area contributed by atoms with Gasteiger partial charge in [-0.3, -0.25) is 9.78 Å². The summed E-state index contributed by atoms with van der Waals surface area (Å²) < 4.78 is 4.76. The Kier molecular flexibility index (Phi) is 5.68. The van der Waals surface area contributed by atoms with Crippen LogP contribution in [0.2, 0.25) is 0 Å². The second-order valence-electron chi connectivity index (χ2n) is 5.49. The first kappa shape index (κ1) is 18.0. The SMILES string of the molecule is COC(=O)c1ccccc1Nc1cnc(C(=O)NCc2cccnc2)cn1. The number of hydrogen-bond donors (Lipinski definition) is 2. The van der Waals surface area contributed by atoms with Crippen molar-refractivity contribution < 1.29 is 14.3 Å². The van der Waals surface area contributed by atoms with Crippen molar-refractivity contribution in [3.8, 4) is 0 Å². The summed E-state index contributed by atoms with van der Waals surface area (Å²) in [6, 6.07) is 10.5. The average Bonchev–Trinajstić information content (AvgIpc) is 2.73. The van der Waals surface area contributed by atoms with Crippen LogP contribution in [0.3, 0.4) is 0 Å². The summed E-state index contributed by atoms with van der Waals surface area (Å²) in [4.78, 5) is 36.2. The topological polar surface area (TPSA) is 106 Å². The third-order valence-corrected chi connectivity index (χ3v) is 3.66. The number of rotatable bonds is 6. The van der Waals surface area contributed by atoms with Crippen LogP contribution in [0, 0.1) is 0 Å². The molecule has 0 aliphatic rings. The molecule has 1 aromatic carbocycles. The normalized spacial score (nSPS) is 10.1. The zero-order valence-corrected chi connectivity index (χ0v) is 14.5. The molecule has 1 amide bonds. The molecule has 136 valence electrons. The quantitative estimate of drug-likeness (QED) is 0.647. The number of ether oxygens (including phenoxy) is 1. The molecule has 0 fully saturated rings. The number of nitrogens with one attached hydrogen (secondary N) is 2. The molecular formula is C19H17N5O3. The molecule has 27 heavy (non-hydrogen) atoms. The molecule has 0 unspecified atom stereocenters. The van der Waals surface area contributed by atoms with Crippen LogP contribution in [0.5, 0.6) is 0 Å². The minimum atomic E-state index is -0.461. The lowest BCUT2D eigenvalue weighted by Crippen LogP contribution is -2.24. The second kappa shape index (κ2) is 8.52. The molecule has 0 bridgehead atoms. The van der Waals surface area contributed by atoms with Crippen molar-refractivity contribution in [3.05, 3.63) is 78.0 Å². The van der Waals surface area contributed by atoms with E-state index in [4.69, 9.17) is 4.74 Å². The van der Waals surface area contributed by atoms with E-state index < -0.39 is 5.97 Å². The average molecular weight is 363 g/mol. The van der Waals surface area contributed by atoms with Crippen molar-refractivity contribution in [2.75, 3.05) is 12.4 Å². The van der Waals surface area contributed by atoms with Gasteiger partial charge in [0, 0.05) is 18.9 Å². The Hall–Kier alpha value is -3.81. The van der Waals surface area contributed by atoms with Crippen LogP contribution < -0.4 is 10.6 Å². The standard InChI is InChI=1S/C19H17N5O3/c1-27-19(26)14-6-2-3-7-15(14)24-17-12-21-16(11-22-17)18(25)23-10-13-5-4-8-20-9-13/h2-9,11-12H,10H2,1H3,(H,22,24)(H,23,25). The third-order valence-electron chi connectivity index (χ3n) is 3.66. The number of hydrogen-bond acceptors (Lipinski definition) is 7. The van der Waals surface area contributed by atoms with Crippen LogP contribution in [-0.4, -0.2) is 33.9 Å². The minimum absolute atomic E-state index is 0.186. The molecule has 3 aromatic rings. The molecular weight excluding hydrogens is 346 g/mol. The maximum absolute atomic E-state index is 12.2. The number of carbonyl (C=O) groups is 2. The number of amides is 1. The van der Waals surface area contributed by atoms with Gasteiger partial charge in [-0.15, -0.1) is 0 Å². The first-order valence-electron chi connectivity index (χ1n) is 8.11.